The van der Waals surface area contributed by atoms with E-state index in [1.807, 2.05) is 37.3 Å². The smallest absolute Gasteiger partial charge is 0.340 e. The molecular weight excluding hydrogens is 402 g/mol. The van der Waals surface area contributed by atoms with Gasteiger partial charge < -0.3 is 14.2 Å². The van der Waals surface area contributed by atoms with Gasteiger partial charge >= 0.3 is 5.97 Å². The zero-order valence-electron chi connectivity index (χ0n) is 16.2. The number of rotatable bonds is 7. The van der Waals surface area contributed by atoms with Crippen molar-refractivity contribution in [1.29, 1.82) is 5.26 Å². The van der Waals surface area contributed by atoms with Crippen LogP contribution in [-0.2, 0) is 4.74 Å². The molecule has 0 aliphatic heterocycles. The van der Waals surface area contributed by atoms with Crippen molar-refractivity contribution >= 4 is 29.3 Å². The first-order chi connectivity index (χ1) is 14.5. The molecule has 0 spiro atoms. The summed E-state index contributed by atoms with van der Waals surface area (Å²) in [5, 5.41) is 11.9. The van der Waals surface area contributed by atoms with E-state index in [-0.39, 0.29) is 11.3 Å². The summed E-state index contributed by atoms with van der Waals surface area (Å²) >= 11 is 1.37. The highest BCUT2D eigenvalue weighted by molar-refractivity contribution is 8.00. The molecule has 1 N–H and O–H groups in total. The molecule has 7 nitrogen and oxygen atoms in total. The SMILES string of the molecule is COC(=O)c1cc(Oc2ccc(N=O)c(C#N)c2)ccc1NSc1ccc(C)cc1. The molecule has 0 fully saturated rings. The van der Waals surface area contributed by atoms with Gasteiger partial charge in [0, 0.05) is 11.0 Å². The normalized spacial score (nSPS) is 10.0. The summed E-state index contributed by atoms with van der Waals surface area (Å²) in [4.78, 5) is 24.0. The molecule has 0 unspecified atom stereocenters. The second kappa shape index (κ2) is 9.58. The highest BCUT2D eigenvalue weighted by Gasteiger charge is 2.15. The number of nitrogens with one attached hydrogen (secondary N) is 1. The third kappa shape index (κ3) is 4.96. The number of nitrogens with zero attached hydrogens (tertiary/aromatic N) is 2. The van der Waals surface area contributed by atoms with Gasteiger partial charge in [-0.25, -0.2) is 4.79 Å². The molecule has 0 bridgehead atoms. The Morgan fingerprint density at radius 3 is 2.43 bits per heavy atom. The van der Waals surface area contributed by atoms with Crippen LogP contribution in [0.2, 0.25) is 0 Å². The first-order valence-electron chi connectivity index (χ1n) is 8.81. The number of carbonyl (C=O) groups is 1. The summed E-state index contributed by atoms with van der Waals surface area (Å²) in [6, 6.07) is 19.1. The minimum atomic E-state index is -0.523. The fourth-order valence-corrected chi connectivity index (χ4v) is 3.24. The second-order valence-electron chi connectivity index (χ2n) is 6.20. The number of benzene rings is 3. The number of ether oxygens (including phenoxy) is 2. The molecule has 0 atom stereocenters. The molecule has 3 aromatic rings. The van der Waals surface area contributed by atoms with E-state index in [9.17, 15) is 9.70 Å². The molecule has 0 saturated heterocycles. The number of nitroso groups, excluding NO2 is 1. The maximum absolute atomic E-state index is 12.3. The molecule has 0 aliphatic rings. The van der Waals surface area contributed by atoms with Crippen LogP contribution in [0.3, 0.4) is 0 Å². The van der Waals surface area contributed by atoms with Crippen LogP contribution in [-0.4, -0.2) is 13.1 Å². The first kappa shape index (κ1) is 20.9. The maximum atomic E-state index is 12.3. The molecule has 8 heteroatoms. The largest absolute Gasteiger partial charge is 0.465 e. The van der Waals surface area contributed by atoms with E-state index >= 15 is 0 Å². The third-order valence-electron chi connectivity index (χ3n) is 4.12. The predicted molar refractivity (Wildman–Crippen MR) is 115 cm³/mol. The quantitative estimate of drug-likeness (QED) is 0.286. The number of carbonyl (C=O) groups excluding carboxylic acids is 1. The van der Waals surface area contributed by atoms with E-state index in [0.29, 0.717) is 22.7 Å². The van der Waals surface area contributed by atoms with Gasteiger partial charge in [-0.05, 0) is 66.5 Å². The van der Waals surface area contributed by atoms with Crippen molar-refractivity contribution < 1.29 is 14.3 Å². The molecule has 150 valence electrons. The third-order valence-corrected chi connectivity index (χ3v) is 4.95. The Hall–Kier alpha value is -3.83. The van der Waals surface area contributed by atoms with Crippen LogP contribution in [0.15, 0.2) is 70.7 Å². The molecule has 0 aliphatic carbocycles. The molecule has 0 amide bonds. The van der Waals surface area contributed by atoms with E-state index in [2.05, 4.69) is 9.90 Å². The zero-order chi connectivity index (χ0) is 21.5. The number of hydrogen-bond donors (Lipinski definition) is 1. The summed E-state index contributed by atoms with van der Waals surface area (Å²) in [5.74, 6) is 0.187. The number of hydrogen-bond acceptors (Lipinski definition) is 8. The Labute approximate surface area is 177 Å². The van der Waals surface area contributed by atoms with Crippen molar-refractivity contribution in [2.75, 3.05) is 11.8 Å². The lowest BCUT2D eigenvalue weighted by Crippen LogP contribution is -2.05. The average molecular weight is 419 g/mol. The van der Waals surface area contributed by atoms with Crippen molar-refractivity contribution in [2.45, 2.75) is 11.8 Å². The van der Waals surface area contributed by atoms with Gasteiger partial charge in [-0.1, -0.05) is 17.7 Å². The van der Waals surface area contributed by atoms with E-state index in [0.717, 1.165) is 10.5 Å². The zero-order valence-corrected chi connectivity index (χ0v) is 17.0. The van der Waals surface area contributed by atoms with Gasteiger partial charge in [-0.3, -0.25) is 0 Å². The van der Waals surface area contributed by atoms with Gasteiger partial charge in [0.15, 0.2) is 0 Å². The molecule has 0 aromatic heterocycles. The van der Waals surface area contributed by atoms with Crippen LogP contribution >= 0.6 is 11.9 Å². The van der Waals surface area contributed by atoms with Gasteiger partial charge in [-0.15, -0.1) is 4.91 Å². The minimum absolute atomic E-state index is 0.0350. The lowest BCUT2D eigenvalue weighted by atomic mass is 10.1. The maximum Gasteiger partial charge on any atom is 0.340 e. The monoisotopic (exact) mass is 419 g/mol. The van der Waals surface area contributed by atoms with Crippen LogP contribution in [0.25, 0.3) is 0 Å². The van der Waals surface area contributed by atoms with E-state index in [4.69, 9.17) is 14.7 Å². The van der Waals surface area contributed by atoms with Gasteiger partial charge in [0.1, 0.15) is 23.3 Å². The Morgan fingerprint density at radius 1 is 1.07 bits per heavy atom. The van der Waals surface area contributed by atoms with E-state index in [1.165, 1.54) is 37.3 Å². The highest BCUT2D eigenvalue weighted by Crippen LogP contribution is 2.32. The summed E-state index contributed by atoms with van der Waals surface area (Å²) in [5.41, 5.74) is 2.16. The lowest BCUT2D eigenvalue weighted by Gasteiger charge is -2.13. The molecule has 0 saturated carbocycles. The summed E-state index contributed by atoms with van der Waals surface area (Å²) in [6.07, 6.45) is 0. The first-order valence-corrected chi connectivity index (χ1v) is 9.63. The van der Waals surface area contributed by atoms with Crippen LogP contribution in [0.5, 0.6) is 11.5 Å². The Balaban J connectivity index is 1.83. The molecule has 3 aromatic carbocycles. The fourth-order valence-electron chi connectivity index (χ4n) is 2.56. The fraction of sp³-hybridized carbons (Fsp3) is 0.0909. The van der Waals surface area contributed by atoms with E-state index in [1.54, 1.807) is 18.2 Å². The number of methoxy groups -OCH3 is 1. The molecular formula is C22H17N3O4S. The Morgan fingerprint density at radius 2 is 1.77 bits per heavy atom. The van der Waals surface area contributed by atoms with Gasteiger partial charge in [0.05, 0.1) is 23.9 Å². The lowest BCUT2D eigenvalue weighted by molar-refractivity contribution is 0.0601. The van der Waals surface area contributed by atoms with Crippen LogP contribution in [0.1, 0.15) is 21.5 Å². The number of anilines is 1. The van der Waals surface area contributed by atoms with Gasteiger partial charge in [0.2, 0.25) is 0 Å². The van der Waals surface area contributed by atoms with Crippen LogP contribution in [0.4, 0.5) is 11.4 Å². The van der Waals surface area contributed by atoms with Gasteiger partial charge in [0.25, 0.3) is 0 Å². The Bertz CT molecular complexity index is 1120. The predicted octanol–water partition coefficient (Wildman–Crippen LogP) is 5.96. The summed E-state index contributed by atoms with van der Waals surface area (Å²) in [6.45, 7) is 2.01. The van der Waals surface area contributed by atoms with Crippen molar-refractivity contribution in [2.24, 2.45) is 5.18 Å². The van der Waals surface area contributed by atoms with Gasteiger partial charge in [-0.2, -0.15) is 5.26 Å². The van der Waals surface area contributed by atoms with Crippen molar-refractivity contribution in [3.05, 3.63) is 82.3 Å². The second-order valence-corrected chi connectivity index (χ2v) is 7.08. The molecule has 0 radical (unpaired) electrons. The average Bonchev–Trinajstić information content (AvgIpc) is 2.78. The molecule has 3 rings (SSSR count). The Kier molecular flexibility index (Phi) is 6.67. The minimum Gasteiger partial charge on any atom is -0.465 e. The van der Waals surface area contributed by atoms with Crippen molar-refractivity contribution in [3.8, 4) is 17.6 Å². The van der Waals surface area contributed by atoms with E-state index < -0.39 is 5.97 Å². The van der Waals surface area contributed by atoms with Crippen molar-refractivity contribution in [3.63, 3.8) is 0 Å². The van der Waals surface area contributed by atoms with Crippen LogP contribution in [0, 0.1) is 23.2 Å². The topological polar surface area (TPSA) is 101 Å². The number of aryl methyl sites for hydroxylation is 1. The van der Waals surface area contributed by atoms with Crippen molar-refractivity contribution in [1.82, 2.24) is 0 Å². The summed E-state index contributed by atoms with van der Waals surface area (Å²) < 4.78 is 13.8. The molecule has 0 heterocycles. The van der Waals surface area contributed by atoms with Crippen LogP contribution < -0.4 is 9.46 Å². The highest BCUT2D eigenvalue weighted by atomic mass is 32.2. The number of esters is 1. The standard InChI is InChI=1S/C22H17N3O4S/c1-14-3-7-18(8-4-14)30-25-21-10-6-17(12-19(21)22(26)28-2)29-16-5-9-20(24-27)15(11-16)13-23/h3-12,25H,1-2H3. The summed E-state index contributed by atoms with van der Waals surface area (Å²) in [7, 11) is 1.30. The molecule has 30 heavy (non-hydrogen) atoms. The number of nitriles is 1.